The van der Waals surface area contributed by atoms with Crippen LogP contribution in [0.1, 0.15) is 30.5 Å². The number of rotatable bonds is 0. The first-order valence-corrected chi connectivity index (χ1v) is 5.31. The third-order valence-corrected chi connectivity index (χ3v) is 3.77. The minimum atomic E-state index is -0.213. The van der Waals surface area contributed by atoms with Crippen molar-refractivity contribution in [2.24, 2.45) is 11.7 Å². The van der Waals surface area contributed by atoms with Crippen LogP contribution in [0, 0.1) is 11.7 Å². The molecule has 1 spiro atoms. The van der Waals surface area contributed by atoms with Gasteiger partial charge in [-0.25, -0.2) is 4.39 Å². The van der Waals surface area contributed by atoms with Gasteiger partial charge in [0.1, 0.15) is 5.82 Å². The van der Waals surface area contributed by atoms with E-state index in [1.54, 1.807) is 12.1 Å². The number of hydrogen-bond acceptors (Lipinski definition) is 2. The zero-order valence-electron chi connectivity index (χ0n) is 8.66. The summed E-state index contributed by atoms with van der Waals surface area (Å²) in [6.45, 7) is 2.69. The Labute approximate surface area is 88.2 Å². The van der Waals surface area contributed by atoms with E-state index in [0.29, 0.717) is 12.5 Å². The Morgan fingerprint density at radius 2 is 2.27 bits per heavy atom. The highest BCUT2D eigenvalue weighted by Crippen LogP contribution is 2.56. The third kappa shape index (κ3) is 1.17. The molecule has 2 nitrogen and oxygen atoms in total. The van der Waals surface area contributed by atoms with Crippen LogP contribution in [0.25, 0.3) is 0 Å². The number of fused-ring (bicyclic) bond motifs is 1. The first kappa shape index (κ1) is 9.31. The Balaban J connectivity index is 2.05. The van der Waals surface area contributed by atoms with Gasteiger partial charge in [0, 0.05) is 0 Å². The van der Waals surface area contributed by atoms with Crippen molar-refractivity contribution in [1.29, 1.82) is 0 Å². The van der Waals surface area contributed by atoms with Crippen molar-refractivity contribution in [3.8, 4) is 0 Å². The maximum Gasteiger partial charge on any atom is 0.123 e. The van der Waals surface area contributed by atoms with Gasteiger partial charge in [-0.15, -0.1) is 0 Å². The maximum absolute atomic E-state index is 13.1. The van der Waals surface area contributed by atoms with Crippen LogP contribution in [0.5, 0.6) is 0 Å². The third-order valence-electron chi connectivity index (χ3n) is 3.77. The van der Waals surface area contributed by atoms with Gasteiger partial charge < -0.3 is 10.5 Å². The van der Waals surface area contributed by atoms with Gasteiger partial charge in [-0.3, -0.25) is 0 Å². The lowest BCUT2D eigenvalue weighted by molar-refractivity contribution is -0.0224. The summed E-state index contributed by atoms with van der Waals surface area (Å²) < 4.78 is 19.0. The monoisotopic (exact) mass is 207 g/mol. The number of halogens is 1. The SMILES string of the molecule is CC1CC12OCc1ccc(F)cc1C2N. The first-order chi connectivity index (χ1) is 7.13. The number of benzene rings is 1. The molecule has 1 fully saturated rings. The van der Waals surface area contributed by atoms with Gasteiger partial charge in [-0.2, -0.15) is 0 Å². The molecular formula is C12H14FNO. The first-order valence-electron chi connectivity index (χ1n) is 5.31. The molecule has 2 aliphatic rings. The second kappa shape index (κ2) is 2.80. The van der Waals surface area contributed by atoms with E-state index in [1.807, 2.05) is 0 Å². The van der Waals surface area contributed by atoms with Crippen molar-refractivity contribution in [2.75, 3.05) is 0 Å². The smallest absolute Gasteiger partial charge is 0.123 e. The molecule has 1 aliphatic heterocycles. The quantitative estimate of drug-likeness (QED) is 0.707. The summed E-state index contributed by atoms with van der Waals surface area (Å²) in [5.41, 5.74) is 7.89. The molecular weight excluding hydrogens is 193 g/mol. The minimum Gasteiger partial charge on any atom is -0.368 e. The van der Waals surface area contributed by atoms with E-state index in [4.69, 9.17) is 10.5 Å². The summed E-state index contributed by atoms with van der Waals surface area (Å²) in [5, 5.41) is 0. The van der Waals surface area contributed by atoms with Crippen LogP contribution in [0.15, 0.2) is 18.2 Å². The molecule has 15 heavy (non-hydrogen) atoms. The van der Waals surface area contributed by atoms with Crippen LogP contribution in [-0.4, -0.2) is 5.60 Å². The van der Waals surface area contributed by atoms with Crippen molar-refractivity contribution >= 4 is 0 Å². The Bertz CT molecular complexity index is 420. The molecule has 0 aromatic heterocycles. The van der Waals surface area contributed by atoms with E-state index >= 15 is 0 Å². The van der Waals surface area contributed by atoms with Gasteiger partial charge in [-0.05, 0) is 35.6 Å². The molecule has 0 saturated heterocycles. The van der Waals surface area contributed by atoms with Gasteiger partial charge >= 0.3 is 0 Å². The summed E-state index contributed by atoms with van der Waals surface area (Å²) >= 11 is 0. The summed E-state index contributed by atoms with van der Waals surface area (Å²) in [6, 6.07) is 4.61. The molecule has 0 bridgehead atoms. The highest BCUT2D eigenvalue weighted by Gasteiger charge is 2.59. The molecule has 3 rings (SSSR count). The van der Waals surface area contributed by atoms with Crippen molar-refractivity contribution in [3.05, 3.63) is 35.1 Å². The Morgan fingerprint density at radius 1 is 1.53 bits per heavy atom. The van der Waals surface area contributed by atoms with Crippen LogP contribution in [-0.2, 0) is 11.3 Å². The molecule has 2 N–H and O–H groups in total. The molecule has 1 aromatic carbocycles. The molecule has 3 heteroatoms. The second-order valence-corrected chi connectivity index (χ2v) is 4.67. The lowest BCUT2D eigenvalue weighted by Crippen LogP contribution is -2.37. The average molecular weight is 207 g/mol. The van der Waals surface area contributed by atoms with Crippen molar-refractivity contribution in [3.63, 3.8) is 0 Å². The second-order valence-electron chi connectivity index (χ2n) is 4.67. The highest BCUT2D eigenvalue weighted by molar-refractivity contribution is 5.36. The van der Waals surface area contributed by atoms with E-state index in [2.05, 4.69) is 6.92 Å². The Morgan fingerprint density at radius 3 is 2.93 bits per heavy atom. The van der Waals surface area contributed by atoms with Gasteiger partial charge in [0.05, 0.1) is 18.2 Å². The fourth-order valence-corrected chi connectivity index (χ4v) is 2.61. The molecule has 0 radical (unpaired) electrons. The molecule has 3 unspecified atom stereocenters. The van der Waals surface area contributed by atoms with Gasteiger partial charge in [0.15, 0.2) is 0 Å². The molecule has 80 valence electrons. The molecule has 1 heterocycles. The number of ether oxygens (including phenoxy) is 1. The van der Waals surface area contributed by atoms with E-state index in [9.17, 15) is 4.39 Å². The maximum atomic E-state index is 13.1. The van der Waals surface area contributed by atoms with Crippen molar-refractivity contribution < 1.29 is 9.13 Å². The molecule has 1 aliphatic carbocycles. The Kier molecular flexibility index (Phi) is 1.74. The van der Waals surface area contributed by atoms with Crippen LogP contribution in [0.2, 0.25) is 0 Å². The zero-order valence-corrected chi connectivity index (χ0v) is 8.66. The normalized spacial score (nSPS) is 37.8. The lowest BCUT2D eigenvalue weighted by Gasteiger charge is -2.32. The Hall–Kier alpha value is -0.930. The van der Waals surface area contributed by atoms with E-state index in [0.717, 1.165) is 17.5 Å². The van der Waals surface area contributed by atoms with Gasteiger partial charge in [-0.1, -0.05) is 13.0 Å². The van der Waals surface area contributed by atoms with Gasteiger partial charge in [0.2, 0.25) is 0 Å². The summed E-state index contributed by atoms with van der Waals surface area (Å²) in [6.07, 6.45) is 0.990. The van der Waals surface area contributed by atoms with E-state index in [1.165, 1.54) is 6.07 Å². The fraction of sp³-hybridized carbons (Fsp3) is 0.500. The zero-order chi connectivity index (χ0) is 10.6. The van der Waals surface area contributed by atoms with E-state index in [-0.39, 0.29) is 17.5 Å². The molecule has 0 amide bonds. The topological polar surface area (TPSA) is 35.2 Å². The standard InChI is InChI=1S/C12H14FNO/c1-7-5-12(7)11(14)10-4-9(13)3-2-8(10)6-15-12/h2-4,7,11H,5-6,14H2,1H3. The number of nitrogens with two attached hydrogens (primary N) is 1. The van der Waals surface area contributed by atoms with Crippen LogP contribution in [0.4, 0.5) is 4.39 Å². The average Bonchev–Trinajstić information content (AvgIpc) is 2.86. The summed E-state index contributed by atoms with van der Waals surface area (Å²) in [5.74, 6) is 0.276. The predicted octanol–water partition coefficient (Wildman–Crippen LogP) is 2.13. The minimum absolute atomic E-state index is 0.174. The molecule has 1 saturated carbocycles. The van der Waals surface area contributed by atoms with Crippen LogP contribution < -0.4 is 5.73 Å². The summed E-state index contributed by atoms with van der Waals surface area (Å²) in [4.78, 5) is 0. The van der Waals surface area contributed by atoms with Crippen molar-refractivity contribution in [2.45, 2.75) is 31.6 Å². The highest BCUT2D eigenvalue weighted by atomic mass is 19.1. The van der Waals surface area contributed by atoms with Crippen LogP contribution in [0.3, 0.4) is 0 Å². The van der Waals surface area contributed by atoms with Crippen LogP contribution >= 0.6 is 0 Å². The largest absolute Gasteiger partial charge is 0.368 e. The molecule has 1 aromatic rings. The lowest BCUT2D eigenvalue weighted by atomic mass is 9.92. The van der Waals surface area contributed by atoms with Gasteiger partial charge in [0.25, 0.3) is 0 Å². The predicted molar refractivity (Wildman–Crippen MR) is 54.6 cm³/mol. The van der Waals surface area contributed by atoms with E-state index < -0.39 is 0 Å². The summed E-state index contributed by atoms with van der Waals surface area (Å²) in [7, 11) is 0. The fourth-order valence-electron chi connectivity index (χ4n) is 2.61. The van der Waals surface area contributed by atoms with Crippen molar-refractivity contribution in [1.82, 2.24) is 0 Å². The number of hydrogen-bond donors (Lipinski definition) is 1. The molecule has 3 atom stereocenters.